The minimum absolute atomic E-state index is 0.270. The summed E-state index contributed by atoms with van der Waals surface area (Å²) in [4.78, 5) is 22.0. The largest absolute Gasteiger partial charge is 0.478 e. The molecular formula is C14H18N2O3. The summed E-state index contributed by atoms with van der Waals surface area (Å²) in [5.74, 6) is -0.622. The maximum atomic E-state index is 11.6. The van der Waals surface area contributed by atoms with E-state index in [1.54, 1.807) is 24.3 Å². The number of amides is 2. The number of carbonyl (C=O) groups is 2. The van der Waals surface area contributed by atoms with Crippen LogP contribution < -0.4 is 10.6 Å². The summed E-state index contributed by atoms with van der Waals surface area (Å²) in [6, 6.07) is 6.69. The van der Waals surface area contributed by atoms with Gasteiger partial charge in [-0.1, -0.05) is 26.0 Å². The summed E-state index contributed by atoms with van der Waals surface area (Å²) in [5, 5.41) is 14.0. The number of nitrogens with one attached hydrogen (secondary N) is 2. The van der Waals surface area contributed by atoms with Crippen LogP contribution >= 0.6 is 0 Å². The maximum Gasteiger partial charge on any atom is 0.328 e. The minimum atomic E-state index is -1.01. The van der Waals surface area contributed by atoms with Gasteiger partial charge in [-0.3, -0.25) is 0 Å². The molecule has 0 saturated carbocycles. The smallest absolute Gasteiger partial charge is 0.328 e. The van der Waals surface area contributed by atoms with Crippen LogP contribution in [0.3, 0.4) is 0 Å². The average molecular weight is 262 g/mol. The summed E-state index contributed by atoms with van der Waals surface area (Å²) in [7, 11) is 0. The first-order valence-electron chi connectivity index (χ1n) is 6.03. The van der Waals surface area contributed by atoms with E-state index in [1.807, 2.05) is 13.8 Å². The Morgan fingerprint density at radius 3 is 2.74 bits per heavy atom. The maximum absolute atomic E-state index is 11.6. The number of carboxylic acids is 1. The molecule has 1 aromatic carbocycles. The van der Waals surface area contributed by atoms with Crippen molar-refractivity contribution in [2.24, 2.45) is 5.92 Å². The standard InChI is InChI=1S/C14H18N2O3/c1-10(2)9-15-14(19)16-12-5-3-4-11(8-12)6-7-13(17)18/h3-8,10H,9H2,1-2H3,(H,17,18)(H2,15,16,19)/b7-6+. The van der Waals surface area contributed by atoms with Crippen molar-refractivity contribution in [2.45, 2.75) is 13.8 Å². The molecule has 5 nitrogen and oxygen atoms in total. The second-order valence-electron chi connectivity index (χ2n) is 4.53. The van der Waals surface area contributed by atoms with Gasteiger partial charge in [0.2, 0.25) is 0 Å². The summed E-state index contributed by atoms with van der Waals surface area (Å²) < 4.78 is 0. The van der Waals surface area contributed by atoms with Crippen molar-refractivity contribution in [3.05, 3.63) is 35.9 Å². The number of benzene rings is 1. The van der Waals surface area contributed by atoms with Gasteiger partial charge in [-0.25, -0.2) is 9.59 Å². The Morgan fingerprint density at radius 1 is 1.37 bits per heavy atom. The third-order valence-electron chi connectivity index (χ3n) is 2.23. The summed E-state index contributed by atoms with van der Waals surface area (Å²) >= 11 is 0. The molecule has 0 spiro atoms. The van der Waals surface area contributed by atoms with Crippen LogP contribution in [0.5, 0.6) is 0 Å². The summed E-state index contributed by atoms with van der Waals surface area (Å²) in [6.45, 7) is 4.62. The molecule has 0 radical (unpaired) electrons. The lowest BCUT2D eigenvalue weighted by Gasteiger charge is -2.09. The van der Waals surface area contributed by atoms with Gasteiger partial charge >= 0.3 is 12.0 Å². The Hall–Kier alpha value is -2.30. The van der Waals surface area contributed by atoms with Gasteiger partial charge in [-0.2, -0.15) is 0 Å². The van der Waals surface area contributed by atoms with Gasteiger partial charge in [0.25, 0.3) is 0 Å². The molecule has 0 aliphatic heterocycles. The highest BCUT2D eigenvalue weighted by molar-refractivity contribution is 5.90. The number of hydrogen-bond donors (Lipinski definition) is 3. The monoisotopic (exact) mass is 262 g/mol. The highest BCUT2D eigenvalue weighted by Gasteiger charge is 2.02. The zero-order valence-corrected chi connectivity index (χ0v) is 11.0. The lowest BCUT2D eigenvalue weighted by molar-refractivity contribution is -0.131. The molecular weight excluding hydrogens is 244 g/mol. The highest BCUT2D eigenvalue weighted by atomic mass is 16.4. The van der Waals surface area contributed by atoms with E-state index in [4.69, 9.17) is 5.11 Å². The molecule has 0 aliphatic carbocycles. The Morgan fingerprint density at radius 2 is 2.11 bits per heavy atom. The van der Waals surface area contributed by atoms with Gasteiger partial charge < -0.3 is 15.7 Å². The second kappa shape index (κ2) is 7.20. The van der Waals surface area contributed by atoms with Crippen LogP contribution in [0, 0.1) is 5.92 Å². The molecule has 0 unspecified atom stereocenters. The van der Waals surface area contributed by atoms with Crippen molar-refractivity contribution in [1.29, 1.82) is 0 Å². The van der Waals surface area contributed by atoms with Crippen molar-refractivity contribution < 1.29 is 14.7 Å². The van der Waals surface area contributed by atoms with Crippen molar-refractivity contribution in [1.82, 2.24) is 5.32 Å². The van der Waals surface area contributed by atoms with E-state index < -0.39 is 5.97 Å². The molecule has 0 saturated heterocycles. The van der Waals surface area contributed by atoms with Crippen LogP contribution in [-0.2, 0) is 4.79 Å². The molecule has 3 N–H and O–H groups in total. The molecule has 1 rings (SSSR count). The zero-order valence-electron chi connectivity index (χ0n) is 11.0. The third kappa shape index (κ3) is 6.26. The number of carboxylic acid groups (broad SMARTS) is 1. The number of anilines is 1. The van der Waals surface area contributed by atoms with E-state index in [0.29, 0.717) is 23.7 Å². The molecule has 2 amide bonds. The number of carbonyl (C=O) groups excluding carboxylic acids is 1. The van der Waals surface area contributed by atoms with Gasteiger partial charge in [0.05, 0.1) is 0 Å². The molecule has 5 heteroatoms. The number of urea groups is 1. The molecule has 0 aliphatic rings. The van der Waals surface area contributed by atoms with Gasteiger partial charge in [0.1, 0.15) is 0 Å². The lowest BCUT2D eigenvalue weighted by Crippen LogP contribution is -2.31. The van der Waals surface area contributed by atoms with Gasteiger partial charge in [-0.05, 0) is 29.7 Å². The first-order valence-corrected chi connectivity index (χ1v) is 6.03. The number of rotatable bonds is 5. The zero-order chi connectivity index (χ0) is 14.3. The van der Waals surface area contributed by atoms with Crippen molar-refractivity contribution in [2.75, 3.05) is 11.9 Å². The number of aliphatic carboxylic acids is 1. The Bertz CT molecular complexity index is 481. The number of hydrogen-bond acceptors (Lipinski definition) is 2. The van der Waals surface area contributed by atoms with Gasteiger partial charge in [0.15, 0.2) is 0 Å². The predicted octanol–water partition coefficient (Wildman–Crippen LogP) is 2.56. The van der Waals surface area contributed by atoms with Crippen LogP contribution in [0.1, 0.15) is 19.4 Å². The Labute approximate surface area is 112 Å². The topological polar surface area (TPSA) is 78.4 Å². The van der Waals surface area contributed by atoms with Crippen LogP contribution in [0.4, 0.5) is 10.5 Å². The van der Waals surface area contributed by atoms with Gasteiger partial charge in [0, 0.05) is 18.3 Å². The fraction of sp³-hybridized carbons (Fsp3) is 0.286. The van der Waals surface area contributed by atoms with Gasteiger partial charge in [-0.15, -0.1) is 0 Å². The predicted molar refractivity (Wildman–Crippen MR) is 75.0 cm³/mol. The SMILES string of the molecule is CC(C)CNC(=O)Nc1cccc(/C=C/C(=O)O)c1. The van der Waals surface area contributed by atoms with Crippen molar-refractivity contribution in [3.63, 3.8) is 0 Å². The fourth-order valence-corrected chi connectivity index (χ4v) is 1.36. The quantitative estimate of drug-likeness (QED) is 0.713. The molecule has 0 atom stereocenters. The highest BCUT2D eigenvalue weighted by Crippen LogP contribution is 2.11. The van der Waals surface area contributed by atoms with Crippen LogP contribution in [0.25, 0.3) is 6.08 Å². The molecule has 19 heavy (non-hydrogen) atoms. The van der Waals surface area contributed by atoms with Crippen LogP contribution in [0.2, 0.25) is 0 Å². The Kier molecular flexibility index (Phi) is 5.60. The van der Waals surface area contributed by atoms with E-state index in [1.165, 1.54) is 6.08 Å². The van der Waals surface area contributed by atoms with E-state index >= 15 is 0 Å². The van der Waals surface area contributed by atoms with Crippen molar-refractivity contribution >= 4 is 23.8 Å². The Balaban J connectivity index is 2.61. The van der Waals surface area contributed by atoms with Crippen LogP contribution in [-0.4, -0.2) is 23.7 Å². The molecule has 102 valence electrons. The molecule has 1 aromatic rings. The molecule has 0 fully saturated rings. The third-order valence-corrected chi connectivity index (χ3v) is 2.23. The summed E-state index contributed by atoms with van der Waals surface area (Å²) in [6.07, 6.45) is 2.53. The van der Waals surface area contributed by atoms with Crippen molar-refractivity contribution in [3.8, 4) is 0 Å². The molecule has 0 bridgehead atoms. The summed E-state index contributed by atoms with van der Waals surface area (Å²) in [5.41, 5.74) is 1.33. The second-order valence-corrected chi connectivity index (χ2v) is 4.53. The normalized spacial score (nSPS) is 10.7. The van der Waals surface area contributed by atoms with E-state index in [0.717, 1.165) is 6.08 Å². The molecule has 0 heterocycles. The van der Waals surface area contributed by atoms with E-state index in [9.17, 15) is 9.59 Å². The van der Waals surface area contributed by atoms with E-state index in [-0.39, 0.29) is 6.03 Å². The van der Waals surface area contributed by atoms with E-state index in [2.05, 4.69) is 10.6 Å². The lowest BCUT2D eigenvalue weighted by atomic mass is 10.2. The fourth-order valence-electron chi connectivity index (χ4n) is 1.36. The molecule has 0 aromatic heterocycles. The first kappa shape index (κ1) is 14.8. The van der Waals surface area contributed by atoms with Crippen LogP contribution in [0.15, 0.2) is 30.3 Å². The first-order chi connectivity index (χ1) is 8.97. The average Bonchev–Trinajstić information content (AvgIpc) is 2.34. The minimum Gasteiger partial charge on any atom is -0.478 e.